The van der Waals surface area contributed by atoms with Crippen LogP contribution >= 0.6 is 0 Å². The number of aryl methyl sites for hydroxylation is 2. The molecule has 4 heteroatoms. The number of carbonyl (C=O) groups excluding carboxylic acids is 1. The maximum absolute atomic E-state index is 12.6. The van der Waals surface area contributed by atoms with Gasteiger partial charge in [-0.25, -0.2) is 0 Å². The van der Waals surface area contributed by atoms with Gasteiger partial charge < -0.3 is 10.6 Å². The van der Waals surface area contributed by atoms with Crippen molar-refractivity contribution in [1.82, 2.24) is 4.98 Å². The molecule has 2 rings (SSSR count). The van der Waals surface area contributed by atoms with Gasteiger partial charge >= 0.3 is 0 Å². The lowest BCUT2D eigenvalue weighted by Crippen LogP contribution is -2.16. The number of unbranched alkanes of at least 4 members (excludes halogenated alkanes) is 2. The average Bonchev–Trinajstić information content (AvgIpc) is 2.60. The highest BCUT2D eigenvalue weighted by molar-refractivity contribution is 6.04. The molecule has 1 heterocycles. The number of para-hydroxylation sites is 1. The van der Waals surface area contributed by atoms with E-state index in [0.29, 0.717) is 5.69 Å². The van der Waals surface area contributed by atoms with E-state index < -0.39 is 0 Å². The van der Waals surface area contributed by atoms with Gasteiger partial charge in [-0.1, -0.05) is 44.9 Å². The number of nitrogens with one attached hydrogen (secondary N) is 2. The van der Waals surface area contributed by atoms with Gasteiger partial charge in [-0.15, -0.1) is 0 Å². The lowest BCUT2D eigenvalue weighted by molar-refractivity contribution is 0.102. The van der Waals surface area contributed by atoms with Crippen LogP contribution in [0.2, 0.25) is 0 Å². The van der Waals surface area contributed by atoms with Crippen molar-refractivity contribution in [2.75, 3.05) is 17.2 Å². The maximum Gasteiger partial charge on any atom is 0.274 e. The van der Waals surface area contributed by atoms with Gasteiger partial charge in [0.25, 0.3) is 5.91 Å². The summed E-state index contributed by atoms with van der Waals surface area (Å²) in [6.07, 6.45) is 6.09. The highest BCUT2D eigenvalue weighted by atomic mass is 16.1. The predicted octanol–water partition coefficient (Wildman–Crippen LogP) is 4.81. The fourth-order valence-electron chi connectivity index (χ4n) is 2.65. The third kappa shape index (κ3) is 4.82. The molecule has 0 aliphatic carbocycles. The van der Waals surface area contributed by atoms with Crippen LogP contribution in [0, 0.1) is 6.92 Å². The molecule has 2 N–H and O–H groups in total. The van der Waals surface area contributed by atoms with Gasteiger partial charge in [0.1, 0.15) is 5.69 Å². The second-order valence-corrected chi connectivity index (χ2v) is 5.98. The van der Waals surface area contributed by atoms with Gasteiger partial charge in [0.2, 0.25) is 0 Å². The van der Waals surface area contributed by atoms with Crippen LogP contribution in [0.4, 0.5) is 11.4 Å². The molecule has 0 fully saturated rings. The molecule has 0 radical (unpaired) electrons. The Kier molecular flexibility index (Phi) is 6.79. The lowest BCUT2D eigenvalue weighted by Gasteiger charge is -2.13. The number of aromatic nitrogens is 1. The van der Waals surface area contributed by atoms with Crippen molar-refractivity contribution in [1.29, 1.82) is 0 Å². The monoisotopic (exact) mass is 325 g/mol. The van der Waals surface area contributed by atoms with Gasteiger partial charge in [0.15, 0.2) is 0 Å². The number of rotatable bonds is 8. The van der Waals surface area contributed by atoms with Crippen molar-refractivity contribution >= 4 is 17.3 Å². The minimum atomic E-state index is -0.170. The van der Waals surface area contributed by atoms with Crippen LogP contribution in [0.3, 0.4) is 0 Å². The van der Waals surface area contributed by atoms with E-state index in [1.165, 1.54) is 12.8 Å². The molecule has 0 saturated carbocycles. The van der Waals surface area contributed by atoms with Crippen LogP contribution in [0.15, 0.2) is 36.5 Å². The van der Waals surface area contributed by atoms with Gasteiger partial charge in [-0.3, -0.25) is 9.78 Å². The molecule has 0 unspecified atom stereocenters. The fourth-order valence-corrected chi connectivity index (χ4v) is 2.65. The Morgan fingerprint density at radius 1 is 1.17 bits per heavy atom. The summed E-state index contributed by atoms with van der Waals surface area (Å²) in [5.74, 6) is -0.170. The molecule has 2 aromatic rings. The number of anilines is 2. The normalized spacial score (nSPS) is 10.5. The molecule has 1 aromatic carbocycles. The zero-order valence-electron chi connectivity index (χ0n) is 14.9. The molecule has 0 saturated heterocycles. The minimum Gasteiger partial charge on any atom is -0.385 e. The van der Waals surface area contributed by atoms with Crippen LogP contribution in [-0.4, -0.2) is 17.4 Å². The van der Waals surface area contributed by atoms with Crippen LogP contribution in [-0.2, 0) is 6.42 Å². The molecule has 0 aliphatic rings. The molecule has 0 aliphatic heterocycles. The van der Waals surface area contributed by atoms with Crippen molar-refractivity contribution < 1.29 is 4.79 Å². The molecule has 0 bridgehead atoms. The number of amides is 1. The van der Waals surface area contributed by atoms with E-state index in [0.717, 1.165) is 41.9 Å². The van der Waals surface area contributed by atoms with Gasteiger partial charge in [-0.2, -0.15) is 0 Å². The molecule has 4 nitrogen and oxygen atoms in total. The van der Waals surface area contributed by atoms with Gasteiger partial charge in [0.05, 0.1) is 0 Å². The molecule has 0 atom stereocenters. The Bertz CT molecular complexity index is 682. The molecular formula is C20H27N3O. The van der Waals surface area contributed by atoms with E-state index in [4.69, 9.17) is 0 Å². The minimum absolute atomic E-state index is 0.170. The fraction of sp³-hybridized carbons (Fsp3) is 0.400. The molecule has 1 amide bonds. The summed E-state index contributed by atoms with van der Waals surface area (Å²) in [5.41, 5.74) is 4.47. The highest BCUT2D eigenvalue weighted by Gasteiger charge is 2.12. The Morgan fingerprint density at radius 2 is 2.00 bits per heavy atom. The SMILES string of the molecule is CCCCCNc1ccnc(C(=O)Nc2c(C)cccc2CC)c1. The van der Waals surface area contributed by atoms with E-state index in [1.807, 2.05) is 37.3 Å². The second-order valence-electron chi connectivity index (χ2n) is 5.98. The third-order valence-corrected chi connectivity index (χ3v) is 4.08. The number of carbonyl (C=O) groups is 1. The zero-order valence-corrected chi connectivity index (χ0v) is 14.9. The summed E-state index contributed by atoms with van der Waals surface area (Å²) in [4.78, 5) is 16.8. The Balaban J connectivity index is 2.08. The van der Waals surface area contributed by atoms with Crippen molar-refractivity contribution in [2.45, 2.75) is 46.5 Å². The molecular weight excluding hydrogens is 298 g/mol. The molecule has 128 valence electrons. The predicted molar refractivity (Wildman–Crippen MR) is 101 cm³/mol. The van der Waals surface area contributed by atoms with E-state index >= 15 is 0 Å². The number of hydrogen-bond acceptors (Lipinski definition) is 3. The lowest BCUT2D eigenvalue weighted by atomic mass is 10.1. The first-order valence-electron chi connectivity index (χ1n) is 8.75. The van der Waals surface area contributed by atoms with Gasteiger partial charge in [-0.05, 0) is 43.0 Å². The van der Waals surface area contributed by atoms with Crippen molar-refractivity contribution in [3.63, 3.8) is 0 Å². The standard InChI is InChI=1S/C20H27N3O/c1-4-6-7-12-21-17-11-13-22-18(14-17)20(24)23-19-15(3)9-8-10-16(19)5-2/h8-11,13-14H,4-7,12H2,1-3H3,(H,21,22)(H,23,24). The molecule has 0 spiro atoms. The summed E-state index contributed by atoms with van der Waals surface area (Å²) in [7, 11) is 0. The van der Waals surface area contributed by atoms with Crippen molar-refractivity contribution in [2.24, 2.45) is 0 Å². The number of hydrogen-bond donors (Lipinski definition) is 2. The second kappa shape index (κ2) is 9.06. The zero-order chi connectivity index (χ0) is 17.4. The van der Waals surface area contributed by atoms with Crippen molar-refractivity contribution in [3.8, 4) is 0 Å². The Labute approximate surface area is 144 Å². The quantitative estimate of drug-likeness (QED) is 0.685. The summed E-state index contributed by atoms with van der Waals surface area (Å²) in [6.45, 7) is 7.19. The van der Waals surface area contributed by atoms with E-state index in [9.17, 15) is 4.79 Å². The van der Waals surface area contributed by atoms with Gasteiger partial charge in [0, 0.05) is 24.1 Å². The van der Waals surface area contributed by atoms with Crippen LogP contribution in [0.5, 0.6) is 0 Å². The number of benzene rings is 1. The topological polar surface area (TPSA) is 54.0 Å². The van der Waals surface area contributed by atoms with Crippen LogP contribution in [0.25, 0.3) is 0 Å². The number of pyridine rings is 1. The first-order valence-corrected chi connectivity index (χ1v) is 8.75. The Morgan fingerprint density at radius 3 is 2.75 bits per heavy atom. The molecule has 24 heavy (non-hydrogen) atoms. The average molecular weight is 325 g/mol. The first-order chi connectivity index (χ1) is 11.7. The summed E-state index contributed by atoms with van der Waals surface area (Å²) >= 11 is 0. The number of nitrogens with zero attached hydrogens (tertiary/aromatic N) is 1. The first kappa shape index (κ1) is 18.0. The van der Waals surface area contributed by atoms with Crippen molar-refractivity contribution in [3.05, 3.63) is 53.3 Å². The summed E-state index contributed by atoms with van der Waals surface area (Å²) in [5, 5.41) is 6.37. The Hall–Kier alpha value is -2.36. The third-order valence-electron chi connectivity index (χ3n) is 4.08. The highest BCUT2D eigenvalue weighted by Crippen LogP contribution is 2.22. The van der Waals surface area contributed by atoms with E-state index in [1.54, 1.807) is 6.20 Å². The maximum atomic E-state index is 12.6. The van der Waals surface area contributed by atoms with E-state index in [-0.39, 0.29) is 5.91 Å². The van der Waals surface area contributed by atoms with Crippen LogP contribution in [0.1, 0.15) is 54.7 Å². The largest absolute Gasteiger partial charge is 0.385 e. The summed E-state index contributed by atoms with van der Waals surface area (Å²) in [6, 6.07) is 9.78. The van der Waals surface area contributed by atoms with E-state index in [2.05, 4.69) is 29.5 Å². The summed E-state index contributed by atoms with van der Waals surface area (Å²) < 4.78 is 0. The molecule has 1 aromatic heterocycles. The smallest absolute Gasteiger partial charge is 0.274 e. The van der Waals surface area contributed by atoms with Crippen LogP contribution < -0.4 is 10.6 Å².